The van der Waals surface area contributed by atoms with Gasteiger partial charge in [0.05, 0.1) is 16.1 Å². The Balaban J connectivity index is 1.71. The highest BCUT2D eigenvalue weighted by molar-refractivity contribution is 7.92. The molecule has 0 unspecified atom stereocenters. The van der Waals surface area contributed by atoms with Gasteiger partial charge in [0.25, 0.3) is 15.9 Å². The van der Waals surface area contributed by atoms with Crippen LogP contribution < -0.4 is 14.4 Å². The second-order valence-electron chi connectivity index (χ2n) is 7.07. The molecular weight excluding hydrogens is 388 g/mol. The molecular formula is C22H20N2O4S. The van der Waals surface area contributed by atoms with E-state index in [4.69, 9.17) is 4.74 Å². The number of anilines is 2. The molecule has 0 atom stereocenters. The molecule has 1 N–H and O–H groups in total. The van der Waals surface area contributed by atoms with Gasteiger partial charge in [-0.15, -0.1) is 0 Å². The molecule has 0 aliphatic carbocycles. The standard InChI is InChI=1S/C22H20N2O4S/c1-14-5-4-6-17(11-14)29(26,27)23-16-8-10-20-18(13-16)22(25)24(3)19-12-15(2)7-9-21(19)28-20/h4-13,23H,1-3H3. The van der Waals surface area contributed by atoms with Gasteiger partial charge in [0, 0.05) is 12.7 Å². The summed E-state index contributed by atoms with van der Waals surface area (Å²) in [7, 11) is -2.11. The molecule has 1 amide bonds. The monoisotopic (exact) mass is 408 g/mol. The zero-order chi connectivity index (χ0) is 20.8. The lowest BCUT2D eigenvalue weighted by molar-refractivity contribution is 0.0993. The van der Waals surface area contributed by atoms with Crippen molar-refractivity contribution < 1.29 is 17.9 Å². The van der Waals surface area contributed by atoms with Crippen LogP contribution in [0.5, 0.6) is 11.5 Å². The molecule has 148 valence electrons. The van der Waals surface area contributed by atoms with Gasteiger partial charge in [-0.25, -0.2) is 8.42 Å². The van der Waals surface area contributed by atoms with E-state index in [1.54, 1.807) is 31.3 Å². The van der Waals surface area contributed by atoms with E-state index in [1.165, 1.54) is 17.0 Å². The van der Waals surface area contributed by atoms with E-state index in [-0.39, 0.29) is 22.1 Å². The molecule has 1 heterocycles. The average molecular weight is 408 g/mol. The van der Waals surface area contributed by atoms with E-state index in [0.717, 1.165) is 11.1 Å². The van der Waals surface area contributed by atoms with Crippen LogP contribution in [0.25, 0.3) is 0 Å². The summed E-state index contributed by atoms with van der Waals surface area (Å²) in [6, 6.07) is 16.9. The van der Waals surface area contributed by atoms with Gasteiger partial charge in [-0.3, -0.25) is 9.52 Å². The van der Waals surface area contributed by atoms with E-state index in [2.05, 4.69) is 4.72 Å². The third kappa shape index (κ3) is 3.56. The van der Waals surface area contributed by atoms with Gasteiger partial charge < -0.3 is 9.64 Å². The number of hydrogen-bond donors (Lipinski definition) is 1. The second kappa shape index (κ2) is 6.93. The number of rotatable bonds is 3. The summed E-state index contributed by atoms with van der Waals surface area (Å²) in [4.78, 5) is 14.7. The Hall–Kier alpha value is -3.32. The fourth-order valence-electron chi connectivity index (χ4n) is 3.23. The molecule has 0 radical (unpaired) electrons. The summed E-state index contributed by atoms with van der Waals surface area (Å²) in [5.74, 6) is 0.669. The maximum absolute atomic E-state index is 13.0. The third-order valence-electron chi connectivity index (χ3n) is 4.76. The summed E-state index contributed by atoms with van der Waals surface area (Å²) in [6.45, 7) is 3.77. The molecule has 0 aromatic heterocycles. The predicted molar refractivity (Wildman–Crippen MR) is 112 cm³/mol. The Bertz CT molecular complexity index is 1240. The molecule has 7 heteroatoms. The van der Waals surface area contributed by atoms with Crippen LogP contribution in [0.4, 0.5) is 11.4 Å². The summed E-state index contributed by atoms with van der Waals surface area (Å²) >= 11 is 0. The highest BCUT2D eigenvalue weighted by Crippen LogP contribution is 2.39. The fraction of sp³-hybridized carbons (Fsp3) is 0.136. The van der Waals surface area contributed by atoms with Crippen molar-refractivity contribution in [3.05, 3.63) is 77.4 Å². The summed E-state index contributed by atoms with van der Waals surface area (Å²) in [6.07, 6.45) is 0. The minimum absolute atomic E-state index is 0.162. The number of carbonyl (C=O) groups excluding carboxylic acids is 1. The van der Waals surface area contributed by atoms with Crippen LogP contribution in [0, 0.1) is 13.8 Å². The Morgan fingerprint density at radius 2 is 1.62 bits per heavy atom. The lowest BCUT2D eigenvalue weighted by Crippen LogP contribution is -2.25. The van der Waals surface area contributed by atoms with Gasteiger partial charge in [0.1, 0.15) is 5.75 Å². The van der Waals surface area contributed by atoms with Crippen molar-refractivity contribution in [2.75, 3.05) is 16.7 Å². The van der Waals surface area contributed by atoms with Crippen LogP contribution >= 0.6 is 0 Å². The van der Waals surface area contributed by atoms with Crippen molar-refractivity contribution in [1.29, 1.82) is 0 Å². The van der Waals surface area contributed by atoms with Crippen molar-refractivity contribution in [3.63, 3.8) is 0 Å². The van der Waals surface area contributed by atoms with E-state index >= 15 is 0 Å². The van der Waals surface area contributed by atoms with Crippen molar-refractivity contribution in [3.8, 4) is 11.5 Å². The highest BCUT2D eigenvalue weighted by atomic mass is 32.2. The zero-order valence-corrected chi connectivity index (χ0v) is 17.1. The molecule has 0 saturated heterocycles. The molecule has 0 saturated carbocycles. The number of amides is 1. The number of nitrogens with one attached hydrogen (secondary N) is 1. The van der Waals surface area contributed by atoms with Crippen LogP contribution in [0.15, 0.2) is 65.6 Å². The number of sulfonamides is 1. The maximum atomic E-state index is 13.0. The minimum Gasteiger partial charge on any atom is -0.454 e. The highest BCUT2D eigenvalue weighted by Gasteiger charge is 2.26. The van der Waals surface area contributed by atoms with E-state index in [9.17, 15) is 13.2 Å². The summed E-state index contributed by atoms with van der Waals surface area (Å²) in [5, 5.41) is 0. The number of benzene rings is 3. The number of carbonyl (C=O) groups is 1. The first-order valence-corrected chi connectivity index (χ1v) is 10.5. The predicted octanol–water partition coefficient (Wildman–Crippen LogP) is 4.49. The Morgan fingerprint density at radius 3 is 2.38 bits per heavy atom. The topological polar surface area (TPSA) is 75.7 Å². The molecule has 0 spiro atoms. The quantitative estimate of drug-likeness (QED) is 0.693. The Kier molecular flexibility index (Phi) is 4.55. The van der Waals surface area contributed by atoms with Crippen LogP contribution in [-0.2, 0) is 10.0 Å². The van der Waals surface area contributed by atoms with Gasteiger partial charge in [0.2, 0.25) is 0 Å². The van der Waals surface area contributed by atoms with Gasteiger partial charge in [-0.05, 0) is 67.4 Å². The first-order valence-electron chi connectivity index (χ1n) is 9.05. The van der Waals surface area contributed by atoms with Crippen LogP contribution in [0.3, 0.4) is 0 Å². The third-order valence-corrected chi connectivity index (χ3v) is 6.14. The number of hydrogen-bond acceptors (Lipinski definition) is 4. The minimum atomic E-state index is -3.78. The molecule has 0 fully saturated rings. The van der Waals surface area contributed by atoms with Gasteiger partial charge in [0.15, 0.2) is 5.75 Å². The Morgan fingerprint density at radius 1 is 0.897 bits per heavy atom. The molecule has 1 aliphatic rings. The van der Waals surface area contributed by atoms with E-state index in [0.29, 0.717) is 17.2 Å². The summed E-state index contributed by atoms with van der Waals surface area (Å²) in [5.41, 5.74) is 3.08. The molecule has 6 nitrogen and oxygen atoms in total. The molecule has 29 heavy (non-hydrogen) atoms. The van der Waals surface area contributed by atoms with E-state index in [1.807, 2.05) is 38.1 Å². The van der Waals surface area contributed by atoms with Crippen molar-refractivity contribution >= 4 is 27.3 Å². The molecule has 3 aromatic rings. The van der Waals surface area contributed by atoms with Crippen molar-refractivity contribution in [2.45, 2.75) is 18.7 Å². The SMILES string of the molecule is Cc1cccc(S(=O)(=O)Nc2ccc3c(c2)C(=O)N(C)c2cc(C)ccc2O3)c1. The van der Waals surface area contributed by atoms with Crippen molar-refractivity contribution in [2.24, 2.45) is 0 Å². The first kappa shape index (κ1) is 19.0. The molecule has 1 aliphatic heterocycles. The normalized spacial score (nSPS) is 13.2. The van der Waals surface area contributed by atoms with Crippen LogP contribution in [0.2, 0.25) is 0 Å². The lowest BCUT2D eigenvalue weighted by atomic mass is 10.1. The number of aryl methyl sites for hydroxylation is 2. The first-order chi connectivity index (χ1) is 13.7. The molecule has 0 bridgehead atoms. The van der Waals surface area contributed by atoms with Crippen LogP contribution in [0.1, 0.15) is 21.5 Å². The Labute approximate surface area is 169 Å². The number of fused-ring (bicyclic) bond motifs is 2. The largest absolute Gasteiger partial charge is 0.454 e. The second-order valence-corrected chi connectivity index (χ2v) is 8.75. The van der Waals surface area contributed by atoms with Crippen LogP contribution in [-0.4, -0.2) is 21.4 Å². The van der Waals surface area contributed by atoms with Gasteiger partial charge in [-0.2, -0.15) is 0 Å². The maximum Gasteiger partial charge on any atom is 0.261 e. The average Bonchev–Trinajstić information content (AvgIpc) is 2.78. The van der Waals surface area contributed by atoms with Crippen molar-refractivity contribution in [1.82, 2.24) is 0 Å². The molecule has 3 aromatic carbocycles. The van der Waals surface area contributed by atoms with Gasteiger partial charge in [-0.1, -0.05) is 18.2 Å². The van der Waals surface area contributed by atoms with E-state index < -0.39 is 10.0 Å². The molecule has 4 rings (SSSR count). The number of ether oxygens (including phenoxy) is 1. The zero-order valence-electron chi connectivity index (χ0n) is 16.3. The number of nitrogens with zero attached hydrogens (tertiary/aromatic N) is 1. The fourth-order valence-corrected chi connectivity index (χ4v) is 4.38. The summed E-state index contributed by atoms with van der Waals surface area (Å²) < 4.78 is 33.9. The lowest BCUT2D eigenvalue weighted by Gasteiger charge is -2.17. The van der Waals surface area contributed by atoms with Gasteiger partial charge >= 0.3 is 0 Å². The smallest absolute Gasteiger partial charge is 0.261 e.